The minimum absolute atomic E-state index is 0.0395. The molecule has 3 rings (SSSR count). The fraction of sp³-hybridized carbons (Fsp3) is 0. The Bertz CT molecular complexity index is 1140. The van der Waals surface area contributed by atoms with Crippen molar-refractivity contribution in [2.75, 3.05) is 5.32 Å². The molecule has 28 heavy (non-hydrogen) atoms. The normalized spacial score (nSPS) is 10.3. The number of amides is 2. The van der Waals surface area contributed by atoms with Crippen LogP contribution in [0.1, 0.15) is 20.7 Å². The number of pyridine rings is 1. The van der Waals surface area contributed by atoms with E-state index in [1.807, 2.05) is 0 Å². The minimum atomic E-state index is -0.812. The van der Waals surface area contributed by atoms with Crippen molar-refractivity contribution in [3.05, 3.63) is 98.5 Å². The average Bonchev–Trinajstić information content (AvgIpc) is 2.68. The van der Waals surface area contributed by atoms with Gasteiger partial charge in [-0.1, -0.05) is 6.07 Å². The maximum Gasteiger partial charge on any atom is 0.293 e. The molecule has 0 saturated carbocycles. The Morgan fingerprint density at radius 2 is 1.68 bits per heavy atom. The minimum Gasteiger partial charge on any atom is -0.366 e. The zero-order valence-electron chi connectivity index (χ0n) is 14.4. The highest BCUT2D eigenvalue weighted by Crippen LogP contribution is 2.26. The molecule has 0 spiro atoms. The molecule has 3 N–H and O–H groups in total. The van der Waals surface area contributed by atoms with Crippen molar-refractivity contribution >= 4 is 23.2 Å². The van der Waals surface area contributed by atoms with E-state index in [0.717, 1.165) is 6.07 Å². The van der Waals surface area contributed by atoms with Crippen molar-refractivity contribution < 1.29 is 14.5 Å². The molecule has 1 aromatic heterocycles. The number of nitrogens with zero attached hydrogens (tertiary/aromatic N) is 2. The molecule has 0 radical (unpaired) electrons. The Morgan fingerprint density at radius 3 is 2.29 bits per heavy atom. The first kappa shape index (κ1) is 18.5. The van der Waals surface area contributed by atoms with Crippen molar-refractivity contribution in [3.8, 4) is 5.69 Å². The predicted molar refractivity (Wildman–Crippen MR) is 102 cm³/mol. The van der Waals surface area contributed by atoms with Crippen LogP contribution in [0.5, 0.6) is 0 Å². The van der Waals surface area contributed by atoms with E-state index in [4.69, 9.17) is 5.73 Å². The SMILES string of the molecule is NC(=O)c1ccc(NC(=O)c2ccc(-n3ccccc3=O)cc2)c([N+](=O)[O-])c1. The van der Waals surface area contributed by atoms with E-state index in [0.29, 0.717) is 5.69 Å². The van der Waals surface area contributed by atoms with E-state index in [9.17, 15) is 24.5 Å². The maximum absolute atomic E-state index is 12.4. The van der Waals surface area contributed by atoms with Crippen LogP contribution in [0.15, 0.2) is 71.7 Å². The lowest BCUT2D eigenvalue weighted by Crippen LogP contribution is -2.17. The lowest BCUT2D eigenvalue weighted by Gasteiger charge is -2.09. The Balaban J connectivity index is 1.86. The molecular formula is C19H14N4O5. The molecule has 0 fully saturated rings. The number of anilines is 1. The lowest BCUT2D eigenvalue weighted by molar-refractivity contribution is -0.383. The molecular weight excluding hydrogens is 364 g/mol. The van der Waals surface area contributed by atoms with E-state index >= 15 is 0 Å². The second-order valence-corrected chi connectivity index (χ2v) is 5.76. The van der Waals surface area contributed by atoms with Gasteiger partial charge in [-0.15, -0.1) is 0 Å². The van der Waals surface area contributed by atoms with E-state index in [2.05, 4.69) is 5.32 Å². The van der Waals surface area contributed by atoms with Crippen LogP contribution in [-0.4, -0.2) is 21.3 Å². The number of nitrogens with one attached hydrogen (secondary N) is 1. The number of aromatic nitrogens is 1. The van der Waals surface area contributed by atoms with Gasteiger partial charge in [0.25, 0.3) is 17.2 Å². The first-order valence-electron chi connectivity index (χ1n) is 8.04. The molecule has 9 nitrogen and oxygen atoms in total. The molecule has 0 aliphatic carbocycles. The number of carbonyl (C=O) groups excluding carboxylic acids is 2. The number of hydrogen-bond acceptors (Lipinski definition) is 5. The van der Waals surface area contributed by atoms with Crippen molar-refractivity contribution in [2.45, 2.75) is 0 Å². The van der Waals surface area contributed by atoms with Crippen LogP contribution in [0.25, 0.3) is 5.69 Å². The molecule has 0 aliphatic heterocycles. The van der Waals surface area contributed by atoms with Gasteiger partial charge in [0, 0.05) is 35.1 Å². The zero-order valence-corrected chi connectivity index (χ0v) is 14.4. The van der Waals surface area contributed by atoms with E-state index in [1.165, 1.54) is 34.9 Å². The van der Waals surface area contributed by atoms with Gasteiger partial charge in [-0.3, -0.25) is 29.1 Å². The van der Waals surface area contributed by atoms with Gasteiger partial charge in [0.1, 0.15) is 5.69 Å². The summed E-state index contributed by atoms with van der Waals surface area (Å²) in [6.45, 7) is 0. The number of nitrogens with two attached hydrogens (primary N) is 1. The van der Waals surface area contributed by atoms with Crippen molar-refractivity contribution in [2.24, 2.45) is 5.73 Å². The smallest absolute Gasteiger partial charge is 0.293 e. The average molecular weight is 378 g/mol. The number of nitro benzene ring substituents is 1. The van der Waals surface area contributed by atoms with Crippen LogP contribution in [0.4, 0.5) is 11.4 Å². The summed E-state index contributed by atoms with van der Waals surface area (Å²) < 4.78 is 1.41. The number of rotatable bonds is 5. The Kier molecular flexibility index (Phi) is 4.99. The van der Waals surface area contributed by atoms with Gasteiger partial charge in [-0.25, -0.2) is 0 Å². The number of benzene rings is 2. The largest absolute Gasteiger partial charge is 0.366 e. The Labute approximate surface area is 158 Å². The number of nitro groups is 1. The molecule has 1 heterocycles. The summed E-state index contributed by atoms with van der Waals surface area (Å²) in [5.41, 5.74) is 5.16. The molecule has 3 aromatic rings. The van der Waals surface area contributed by atoms with E-state index in [-0.39, 0.29) is 22.4 Å². The molecule has 0 unspecified atom stereocenters. The maximum atomic E-state index is 12.4. The van der Waals surface area contributed by atoms with E-state index < -0.39 is 22.4 Å². The number of carbonyl (C=O) groups is 2. The summed E-state index contributed by atoms with van der Waals surface area (Å²) >= 11 is 0. The highest BCUT2D eigenvalue weighted by atomic mass is 16.6. The van der Waals surface area contributed by atoms with Crippen LogP contribution >= 0.6 is 0 Å². The lowest BCUT2D eigenvalue weighted by atomic mass is 10.1. The molecule has 2 aromatic carbocycles. The summed E-state index contributed by atoms with van der Waals surface area (Å²) in [4.78, 5) is 46.0. The first-order chi connectivity index (χ1) is 13.4. The molecule has 2 amide bonds. The predicted octanol–water partition coefficient (Wildman–Crippen LogP) is 2.10. The van der Waals surface area contributed by atoms with Crippen LogP contribution < -0.4 is 16.6 Å². The van der Waals surface area contributed by atoms with Gasteiger partial charge in [0.15, 0.2) is 0 Å². The number of primary amides is 1. The molecule has 140 valence electrons. The van der Waals surface area contributed by atoms with Gasteiger partial charge in [-0.05, 0) is 42.5 Å². The van der Waals surface area contributed by atoms with Crippen LogP contribution in [0.2, 0.25) is 0 Å². The second kappa shape index (κ2) is 7.54. The highest BCUT2D eigenvalue weighted by molar-refractivity contribution is 6.06. The van der Waals surface area contributed by atoms with E-state index in [1.54, 1.807) is 30.5 Å². The molecule has 0 aliphatic rings. The van der Waals surface area contributed by atoms with Crippen LogP contribution in [-0.2, 0) is 0 Å². The molecule has 0 saturated heterocycles. The second-order valence-electron chi connectivity index (χ2n) is 5.76. The fourth-order valence-corrected chi connectivity index (χ4v) is 2.55. The summed E-state index contributed by atoms with van der Waals surface area (Å²) in [5.74, 6) is -1.39. The van der Waals surface area contributed by atoms with Gasteiger partial charge >= 0.3 is 0 Å². The number of hydrogen-bond donors (Lipinski definition) is 2. The molecule has 9 heteroatoms. The standard InChI is InChI=1S/C19H14N4O5/c20-18(25)13-6-9-15(16(11-13)23(27)28)21-19(26)12-4-7-14(8-5-12)22-10-2-1-3-17(22)24/h1-11H,(H2,20,25)(H,21,26). The summed E-state index contributed by atoms with van der Waals surface area (Å²) in [6.07, 6.45) is 1.60. The monoisotopic (exact) mass is 378 g/mol. The Hall–Kier alpha value is -4.27. The van der Waals surface area contributed by atoms with Gasteiger partial charge in [0.05, 0.1) is 4.92 Å². The van der Waals surface area contributed by atoms with Crippen molar-refractivity contribution in [1.29, 1.82) is 0 Å². The third-order valence-electron chi connectivity index (χ3n) is 3.96. The third kappa shape index (κ3) is 3.78. The first-order valence-corrected chi connectivity index (χ1v) is 8.04. The zero-order chi connectivity index (χ0) is 20.3. The van der Waals surface area contributed by atoms with Crippen LogP contribution in [0, 0.1) is 10.1 Å². The fourth-order valence-electron chi connectivity index (χ4n) is 2.55. The summed E-state index contributed by atoms with van der Waals surface area (Å²) in [5, 5.41) is 13.7. The van der Waals surface area contributed by atoms with Crippen molar-refractivity contribution in [3.63, 3.8) is 0 Å². The summed E-state index contributed by atoms with van der Waals surface area (Å²) in [6, 6.07) is 14.4. The topological polar surface area (TPSA) is 137 Å². The quantitative estimate of drug-likeness (QED) is 0.517. The Morgan fingerprint density at radius 1 is 1.00 bits per heavy atom. The highest BCUT2D eigenvalue weighted by Gasteiger charge is 2.19. The molecule has 0 bridgehead atoms. The van der Waals surface area contributed by atoms with Gasteiger partial charge < -0.3 is 11.1 Å². The van der Waals surface area contributed by atoms with Gasteiger partial charge in [-0.2, -0.15) is 0 Å². The van der Waals surface area contributed by atoms with Gasteiger partial charge in [0.2, 0.25) is 5.91 Å². The summed E-state index contributed by atoms with van der Waals surface area (Å²) in [7, 11) is 0. The van der Waals surface area contributed by atoms with Crippen LogP contribution in [0.3, 0.4) is 0 Å². The third-order valence-corrected chi connectivity index (χ3v) is 3.96. The molecule has 0 atom stereocenters. The van der Waals surface area contributed by atoms with Crippen molar-refractivity contribution in [1.82, 2.24) is 4.57 Å².